The summed E-state index contributed by atoms with van der Waals surface area (Å²) < 4.78 is 0. The number of phenols is 4. The lowest BCUT2D eigenvalue weighted by Gasteiger charge is -2.28. The Morgan fingerprint density at radius 2 is 0.439 bits per heavy atom. The third-order valence-corrected chi connectivity index (χ3v) is 17.0. The quantitative estimate of drug-likeness (QED) is 0.0368. The van der Waals surface area contributed by atoms with Crippen molar-refractivity contribution >= 4 is 106 Å². The van der Waals surface area contributed by atoms with Gasteiger partial charge in [-0.3, -0.25) is 96.1 Å². The van der Waals surface area contributed by atoms with E-state index in [9.17, 15) is 107 Å². The predicted octanol–water partition coefficient (Wildman–Crippen LogP) is -10.4. The molecule has 24 N–H and O–H groups in total. The predicted molar refractivity (Wildman–Crippen MR) is 399 cm³/mol. The average Bonchev–Trinajstić information content (AvgIpc) is 0.842. The van der Waals surface area contributed by atoms with Gasteiger partial charge in [0.25, 0.3) is 47.3 Å². The molecule has 2 heterocycles. The van der Waals surface area contributed by atoms with Crippen molar-refractivity contribution in [3.8, 4) is 23.0 Å². The Labute approximate surface area is 650 Å². The van der Waals surface area contributed by atoms with Gasteiger partial charge in [-0.05, 0) is 48.5 Å². The molecule has 0 aromatic heterocycles. The van der Waals surface area contributed by atoms with E-state index in [-0.39, 0.29) is 175 Å². The van der Waals surface area contributed by atoms with E-state index in [1.807, 2.05) is 0 Å². The van der Waals surface area contributed by atoms with E-state index >= 15 is 0 Å². The van der Waals surface area contributed by atoms with Gasteiger partial charge in [0.1, 0.15) is 23.0 Å². The molecule has 114 heavy (non-hydrogen) atoms. The van der Waals surface area contributed by atoms with Crippen molar-refractivity contribution in [3.05, 3.63) is 117 Å². The number of fused-ring (bicyclic) bond motifs is 8. The lowest BCUT2D eigenvalue weighted by Crippen LogP contribution is -2.48. The van der Waals surface area contributed by atoms with Gasteiger partial charge in [-0.15, -0.1) is 0 Å². The fourth-order valence-corrected chi connectivity index (χ4v) is 10.8. The Hall–Kier alpha value is -13.6. The van der Waals surface area contributed by atoms with Gasteiger partial charge in [0.2, 0.25) is 59.1 Å². The molecule has 0 aliphatic carbocycles. The molecule has 4 aromatic rings. The summed E-state index contributed by atoms with van der Waals surface area (Å²) in [5, 5.41) is 84.6. The van der Waals surface area contributed by atoms with E-state index in [2.05, 4.69) is 85.1 Å². The number of carbonyl (C=O) groups is 18. The van der Waals surface area contributed by atoms with Gasteiger partial charge in [-0.2, -0.15) is 0 Å². The summed E-state index contributed by atoms with van der Waals surface area (Å²) in [6.45, 7) is -7.83. The van der Waals surface area contributed by atoms with E-state index in [4.69, 9.17) is 11.5 Å². The van der Waals surface area contributed by atoms with Gasteiger partial charge in [-0.25, -0.2) is 0 Å². The fraction of sp³-hybridized carbons (Fsp3) is 0.400. The van der Waals surface area contributed by atoms with Crippen LogP contribution < -0.4 is 96.5 Å². The van der Waals surface area contributed by atoms with Crippen molar-refractivity contribution in [2.24, 2.45) is 11.5 Å². The van der Waals surface area contributed by atoms with Crippen LogP contribution in [0.1, 0.15) is 82.9 Å². The summed E-state index contributed by atoms with van der Waals surface area (Å²) in [7, 11) is 0. The maximum atomic E-state index is 13.8. The topological polar surface area (TPSA) is 646 Å². The van der Waals surface area contributed by atoms with Crippen molar-refractivity contribution in [2.45, 2.75) is 0 Å². The van der Waals surface area contributed by atoms with Crippen LogP contribution in [0.25, 0.3) is 0 Å². The molecule has 0 saturated heterocycles. The van der Waals surface area contributed by atoms with Crippen LogP contribution in [-0.4, -0.2) is 330 Å². The number of carbonyl (C=O) groups excluding carboxylic acids is 18. The van der Waals surface area contributed by atoms with Crippen LogP contribution in [0.15, 0.2) is 72.8 Å². The lowest BCUT2D eigenvalue weighted by atomic mass is 10.1. The maximum absolute atomic E-state index is 13.8. The summed E-state index contributed by atoms with van der Waals surface area (Å²) in [6.07, 6.45) is 0. The first-order valence-electron chi connectivity index (χ1n) is 35.7. The number of nitrogens with zero attached hydrogens (tertiary/aromatic N) is 4. The number of hydrogen-bond donors (Lipinski definition) is 22. The minimum atomic E-state index is -0.880. The Kier molecular flexibility index (Phi) is 36.1. The summed E-state index contributed by atoms with van der Waals surface area (Å²) in [5.41, 5.74) is 7.73. The smallest absolute Gasteiger partial charge is 0.255 e. The number of nitrogens with two attached hydrogens (primary N) is 2. The minimum Gasteiger partial charge on any atom is -0.506 e. The van der Waals surface area contributed by atoms with Gasteiger partial charge < -0.3 is 127 Å². The van der Waals surface area contributed by atoms with Crippen molar-refractivity contribution in [3.63, 3.8) is 0 Å². The van der Waals surface area contributed by atoms with E-state index in [0.717, 1.165) is 9.80 Å². The molecule has 8 bridgehead atoms. The van der Waals surface area contributed by atoms with Gasteiger partial charge in [0, 0.05) is 118 Å². The SMILES string of the molecule is NCC(=O)NCC(=O)NCC(=O)NCC(=O)NCC(=O)N1CCNC(=O)c2cccc(c2O)C(=O)NCCN(CCN2CCNC(=O)c3cccc(c3O)C(=O)NCCN(C(=O)CNC(=O)CNC(=O)CNC(=O)CNC(=O)CN)CCNC(=O)c3cccc(c3O)C(=O)NCC2)CCNC(=O)c2cccc(c2O)C(=O)NCC1. The molecule has 0 radical (unpaired) electrons. The largest absolute Gasteiger partial charge is 0.506 e. The zero-order valence-corrected chi connectivity index (χ0v) is 61.8. The van der Waals surface area contributed by atoms with Crippen LogP contribution in [0.5, 0.6) is 23.0 Å². The molecule has 4 aromatic carbocycles. The second-order valence-electron chi connectivity index (χ2n) is 24.9. The first-order valence-corrected chi connectivity index (χ1v) is 35.7. The second-order valence-corrected chi connectivity index (χ2v) is 24.9. The number of rotatable bonds is 21. The van der Waals surface area contributed by atoms with Crippen LogP contribution in [0.2, 0.25) is 0 Å². The molecule has 0 unspecified atom stereocenters. The molecule has 18 amide bonds. The lowest BCUT2D eigenvalue weighted by molar-refractivity contribution is -0.133. The number of benzene rings is 4. The third-order valence-electron chi connectivity index (χ3n) is 17.0. The van der Waals surface area contributed by atoms with E-state index in [1.54, 1.807) is 9.80 Å². The van der Waals surface area contributed by atoms with Crippen LogP contribution >= 0.6 is 0 Å². The van der Waals surface area contributed by atoms with Crippen molar-refractivity contribution in [2.75, 3.05) is 183 Å². The zero-order valence-electron chi connectivity index (χ0n) is 61.8. The van der Waals surface area contributed by atoms with Gasteiger partial charge in [-0.1, -0.05) is 24.3 Å². The normalized spacial score (nSPS) is 15.2. The number of phenolic OH excluding ortho intramolecular Hbond substituents is 4. The molecule has 0 saturated carbocycles. The van der Waals surface area contributed by atoms with Crippen molar-refractivity contribution in [1.82, 2.24) is 105 Å². The van der Waals surface area contributed by atoms with Crippen LogP contribution in [-0.2, 0) is 47.9 Å². The first kappa shape index (κ1) is 89.3. The molecule has 0 atom stereocenters. The monoisotopic (exact) mass is 1590 g/mol. The highest BCUT2D eigenvalue weighted by Crippen LogP contribution is 2.26. The van der Waals surface area contributed by atoms with Crippen LogP contribution in [0.4, 0.5) is 0 Å². The highest BCUT2D eigenvalue weighted by atomic mass is 16.3. The molecule has 0 fully saturated rings. The number of aromatic hydroxyl groups is 4. The highest BCUT2D eigenvalue weighted by Gasteiger charge is 2.27. The molecule has 44 nitrogen and oxygen atoms in total. The Balaban J connectivity index is 1.14. The molecule has 44 heteroatoms. The van der Waals surface area contributed by atoms with Gasteiger partial charge in [0.15, 0.2) is 0 Å². The Bertz CT molecular complexity index is 3800. The maximum Gasteiger partial charge on any atom is 0.255 e. The molecular weight excluding hydrogens is 1500 g/mol. The second kappa shape index (κ2) is 46.1. The molecule has 0 spiro atoms. The third kappa shape index (κ3) is 29.0. The Morgan fingerprint density at radius 1 is 0.272 bits per heavy atom. The van der Waals surface area contributed by atoms with Crippen molar-refractivity contribution in [1.29, 1.82) is 0 Å². The molecule has 6 rings (SSSR count). The van der Waals surface area contributed by atoms with Gasteiger partial charge in [0.05, 0.1) is 110 Å². The standard InChI is InChI=1S/C70H92N22O22/c71-31-49(93)81-33-51(95)83-35-53(97)85-37-55(99)87-39-57(101)91-25-17-77-67(111)45-9-1-5-41(59(45)103)63(107)73-13-21-89(22-14-74-64(108)42-6-2-10-46(60(42)104)68(112)78-18-26-91)29-30-90-23-15-75-65(109)43-7-3-11-47(61(43)105)69(113)79-19-27-92(28-20-80-70(114)48-12-4-8-44(62(48)106)66(110)76-16-24-90)58(102)40-88-56(100)38-86-54(98)36-84-52(96)34-82-50(94)32-72/h1-12,103-106H,13-40,71-72H2,(H,73,107)(H,74,108)(H,75,109)(H,76,110)(H,77,111)(H,78,112)(H,79,113)(H,80,114)(H,81,93)(H,82,94)(H,83,95)(H,84,96)(H,85,97)(H,86,98)(H,87,99)(H,88,100). The number of amides is 18. The number of hydrogen-bond acceptors (Lipinski definition) is 26. The first-order chi connectivity index (χ1) is 54.6. The summed E-state index contributed by atoms with van der Waals surface area (Å²) in [5.74, 6) is -17.1. The minimum absolute atomic E-state index is 0.0301. The van der Waals surface area contributed by atoms with Crippen LogP contribution in [0, 0.1) is 0 Å². The number of nitrogens with one attached hydrogen (secondary N) is 16. The van der Waals surface area contributed by atoms with E-state index in [0.29, 0.717) is 0 Å². The average molecular weight is 1590 g/mol. The molecule has 2 aliphatic rings. The zero-order chi connectivity index (χ0) is 83.2. The molecule has 2 aliphatic heterocycles. The van der Waals surface area contributed by atoms with E-state index < -0.39 is 182 Å². The van der Waals surface area contributed by atoms with Crippen LogP contribution in [0.3, 0.4) is 0 Å². The summed E-state index contributed by atoms with van der Waals surface area (Å²) in [6, 6.07) is 15.3. The van der Waals surface area contributed by atoms with E-state index in [1.165, 1.54) is 72.8 Å². The molecular formula is C70H92N22O22. The fourth-order valence-electron chi connectivity index (χ4n) is 10.8. The Morgan fingerprint density at radius 3 is 0.623 bits per heavy atom. The van der Waals surface area contributed by atoms with Gasteiger partial charge >= 0.3 is 0 Å². The highest BCUT2D eigenvalue weighted by molar-refractivity contribution is 6.07. The summed E-state index contributed by atoms with van der Waals surface area (Å²) >= 11 is 0. The molecule has 614 valence electrons. The van der Waals surface area contributed by atoms with Crippen molar-refractivity contribution < 1.29 is 107 Å². The summed E-state index contributed by atoms with van der Waals surface area (Å²) in [4.78, 5) is 239. The number of para-hydroxylation sites is 4.